The standard InChI is InChI=1S/C13H25NO3/c1-5-8-9-10(6-2)12(15)14(4)11(7-3)13(16)17/h10-11H,5-9H2,1-4H3,(H,16,17). The van der Waals surface area contributed by atoms with E-state index in [1.54, 1.807) is 14.0 Å². The van der Waals surface area contributed by atoms with Crippen LogP contribution >= 0.6 is 0 Å². The van der Waals surface area contributed by atoms with Crippen LogP contribution < -0.4 is 0 Å². The van der Waals surface area contributed by atoms with Gasteiger partial charge in [0.15, 0.2) is 0 Å². The molecule has 0 radical (unpaired) electrons. The summed E-state index contributed by atoms with van der Waals surface area (Å²) in [5.74, 6) is -0.989. The van der Waals surface area contributed by atoms with Crippen molar-refractivity contribution in [2.75, 3.05) is 7.05 Å². The molecule has 2 atom stereocenters. The molecule has 0 saturated heterocycles. The molecule has 0 heterocycles. The van der Waals surface area contributed by atoms with Crippen LogP contribution in [0.5, 0.6) is 0 Å². The van der Waals surface area contributed by atoms with Gasteiger partial charge < -0.3 is 10.0 Å². The Labute approximate surface area is 104 Å². The molecule has 0 aliphatic carbocycles. The van der Waals surface area contributed by atoms with Gasteiger partial charge in [-0.25, -0.2) is 4.79 Å². The van der Waals surface area contributed by atoms with Gasteiger partial charge in [0.25, 0.3) is 0 Å². The number of likely N-dealkylation sites (N-methyl/N-ethyl adjacent to an activating group) is 1. The molecule has 0 bridgehead atoms. The van der Waals surface area contributed by atoms with E-state index in [2.05, 4.69) is 6.92 Å². The molecule has 2 unspecified atom stereocenters. The van der Waals surface area contributed by atoms with Gasteiger partial charge in [-0.3, -0.25) is 4.79 Å². The largest absolute Gasteiger partial charge is 0.480 e. The number of hydrogen-bond donors (Lipinski definition) is 1. The molecule has 0 aromatic rings. The number of nitrogens with zero attached hydrogens (tertiary/aromatic N) is 1. The third-order valence-corrected chi connectivity index (χ3v) is 3.24. The van der Waals surface area contributed by atoms with Gasteiger partial charge in [0.1, 0.15) is 6.04 Å². The fourth-order valence-electron chi connectivity index (χ4n) is 2.01. The third-order valence-electron chi connectivity index (χ3n) is 3.24. The van der Waals surface area contributed by atoms with Crippen molar-refractivity contribution in [3.05, 3.63) is 0 Å². The first kappa shape index (κ1) is 15.9. The maximum atomic E-state index is 12.1. The minimum Gasteiger partial charge on any atom is -0.480 e. The van der Waals surface area contributed by atoms with Gasteiger partial charge in [-0.2, -0.15) is 0 Å². The highest BCUT2D eigenvalue weighted by molar-refractivity contribution is 5.84. The first-order valence-electron chi connectivity index (χ1n) is 6.48. The lowest BCUT2D eigenvalue weighted by atomic mass is 9.97. The molecule has 0 fully saturated rings. The molecule has 1 N–H and O–H groups in total. The van der Waals surface area contributed by atoms with Crippen molar-refractivity contribution in [2.45, 2.75) is 58.9 Å². The molecule has 0 spiro atoms. The lowest BCUT2D eigenvalue weighted by Gasteiger charge is -2.27. The second-order valence-corrected chi connectivity index (χ2v) is 4.46. The zero-order valence-corrected chi connectivity index (χ0v) is 11.4. The van der Waals surface area contributed by atoms with E-state index in [1.165, 1.54) is 4.90 Å². The molecule has 1 amide bonds. The second-order valence-electron chi connectivity index (χ2n) is 4.46. The SMILES string of the molecule is CCCCC(CC)C(=O)N(C)C(CC)C(=O)O. The molecule has 4 heteroatoms. The fourth-order valence-corrected chi connectivity index (χ4v) is 2.01. The van der Waals surface area contributed by atoms with Gasteiger partial charge in [0, 0.05) is 13.0 Å². The molecule has 0 saturated carbocycles. The van der Waals surface area contributed by atoms with Crippen LogP contribution in [0.2, 0.25) is 0 Å². The number of carbonyl (C=O) groups excluding carboxylic acids is 1. The summed E-state index contributed by atoms with van der Waals surface area (Å²) in [6, 6.07) is -0.696. The molecule has 0 aliphatic rings. The monoisotopic (exact) mass is 243 g/mol. The summed E-state index contributed by atoms with van der Waals surface area (Å²) >= 11 is 0. The van der Waals surface area contributed by atoms with E-state index < -0.39 is 12.0 Å². The first-order chi connectivity index (χ1) is 7.99. The topological polar surface area (TPSA) is 57.6 Å². The molecule has 0 aliphatic heterocycles. The Morgan fingerprint density at radius 1 is 1.18 bits per heavy atom. The van der Waals surface area contributed by atoms with Crippen molar-refractivity contribution in [1.29, 1.82) is 0 Å². The second kappa shape index (κ2) is 8.09. The predicted octanol–water partition coefficient (Wildman–Crippen LogP) is 2.52. The van der Waals surface area contributed by atoms with Gasteiger partial charge in [-0.1, -0.05) is 33.6 Å². The van der Waals surface area contributed by atoms with Crippen LogP contribution in [-0.2, 0) is 9.59 Å². The predicted molar refractivity (Wildman–Crippen MR) is 67.8 cm³/mol. The maximum Gasteiger partial charge on any atom is 0.326 e. The van der Waals surface area contributed by atoms with Crippen molar-refractivity contribution in [1.82, 2.24) is 4.90 Å². The molecular weight excluding hydrogens is 218 g/mol. The molecule has 0 aromatic carbocycles. The molecule has 100 valence electrons. The molecular formula is C13H25NO3. The summed E-state index contributed by atoms with van der Waals surface area (Å²) in [7, 11) is 1.60. The van der Waals surface area contributed by atoms with Crippen molar-refractivity contribution in [3.8, 4) is 0 Å². The van der Waals surface area contributed by atoms with Crippen LogP contribution in [0, 0.1) is 5.92 Å². The molecule has 0 aromatic heterocycles. The molecule has 17 heavy (non-hydrogen) atoms. The highest BCUT2D eigenvalue weighted by Crippen LogP contribution is 2.17. The van der Waals surface area contributed by atoms with Gasteiger partial charge in [-0.15, -0.1) is 0 Å². The number of aliphatic carboxylic acids is 1. The Morgan fingerprint density at radius 3 is 2.12 bits per heavy atom. The van der Waals surface area contributed by atoms with Gasteiger partial charge >= 0.3 is 5.97 Å². The summed E-state index contributed by atoms with van der Waals surface area (Å²) < 4.78 is 0. The summed E-state index contributed by atoms with van der Waals surface area (Å²) in [5, 5.41) is 9.03. The van der Waals surface area contributed by atoms with Crippen LogP contribution in [0.3, 0.4) is 0 Å². The highest BCUT2D eigenvalue weighted by Gasteiger charge is 2.28. The van der Waals surface area contributed by atoms with E-state index in [0.717, 1.165) is 25.7 Å². The summed E-state index contributed by atoms with van der Waals surface area (Å²) in [5.41, 5.74) is 0. The minimum absolute atomic E-state index is 0.0322. The van der Waals surface area contributed by atoms with Crippen LogP contribution in [0.4, 0.5) is 0 Å². The average Bonchev–Trinajstić information content (AvgIpc) is 2.29. The lowest BCUT2D eigenvalue weighted by Crippen LogP contribution is -2.44. The number of carboxylic acid groups (broad SMARTS) is 1. The van der Waals surface area contributed by atoms with E-state index in [9.17, 15) is 9.59 Å². The van der Waals surface area contributed by atoms with Crippen LogP contribution in [0.25, 0.3) is 0 Å². The van der Waals surface area contributed by atoms with Crippen LogP contribution in [0.15, 0.2) is 0 Å². The van der Waals surface area contributed by atoms with E-state index in [-0.39, 0.29) is 11.8 Å². The molecule has 4 nitrogen and oxygen atoms in total. The van der Waals surface area contributed by atoms with Crippen LogP contribution in [-0.4, -0.2) is 35.0 Å². The van der Waals surface area contributed by atoms with Crippen LogP contribution in [0.1, 0.15) is 52.9 Å². The van der Waals surface area contributed by atoms with E-state index in [0.29, 0.717) is 6.42 Å². The van der Waals surface area contributed by atoms with Gasteiger partial charge in [-0.05, 0) is 19.3 Å². The van der Waals surface area contributed by atoms with E-state index in [1.807, 2.05) is 6.92 Å². The van der Waals surface area contributed by atoms with Crippen molar-refractivity contribution >= 4 is 11.9 Å². The zero-order chi connectivity index (χ0) is 13.4. The Kier molecular flexibility index (Phi) is 7.59. The number of carboxylic acids is 1. The highest BCUT2D eigenvalue weighted by atomic mass is 16.4. The quantitative estimate of drug-likeness (QED) is 0.712. The van der Waals surface area contributed by atoms with Crippen molar-refractivity contribution < 1.29 is 14.7 Å². The fraction of sp³-hybridized carbons (Fsp3) is 0.846. The molecule has 0 rings (SSSR count). The smallest absolute Gasteiger partial charge is 0.326 e. The van der Waals surface area contributed by atoms with Gasteiger partial charge in [0.05, 0.1) is 0 Å². The first-order valence-corrected chi connectivity index (χ1v) is 6.48. The maximum absolute atomic E-state index is 12.1. The normalized spacial score (nSPS) is 14.1. The summed E-state index contributed by atoms with van der Waals surface area (Å²) in [6.45, 7) is 5.86. The Balaban J connectivity index is 4.58. The van der Waals surface area contributed by atoms with Crippen molar-refractivity contribution in [3.63, 3.8) is 0 Å². The Bertz CT molecular complexity index is 253. The number of unbranched alkanes of at least 4 members (excludes halogenated alkanes) is 1. The van der Waals surface area contributed by atoms with Crippen molar-refractivity contribution in [2.24, 2.45) is 5.92 Å². The van der Waals surface area contributed by atoms with E-state index >= 15 is 0 Å². The number of amides is 1. The average molecular weight is 243 g/mol. The summed E-state index contributed by atoms with van der Waals surface area (Å²) in [6.07, 6.45) is 4.15. The van der Waals surface area contributed by atoms with Gasteiger partial charge in [0.2, 0.25) is 5.91 Å². The zero-order valence-electron chi connectivity index (χ0n) is 11.4. The number of carbonyl (C=O) groups is 2. The van der Waals surface area contributed by atoms with E-state index in [4.69, 9.17) is 5.11 Å². The number of hydrogen-bond acceptors (Lipinski definition) is 2. The Morgan fingerprint density at radius 2 is 1.76 bits per heavy atom. The minimum atomic E-state index is -0.923. The third kappa shape index (κ3) is 4.75. The summed E-state index contributed by atoms with van der Waals surface area (Å²) in [4.78, 5) is 24.6. The Hall–Kier alpha value is -1.06. The lowest BCUT2D eigenvalue weighted by molar-refractivity contribution is -0.151. The number of rotatable bonds is 8.